The van der Waals surface area contributed by atoms with Gasteiger partial charge in [0.15, 0.2) is 0 Å². The van der Waals surface area contributed by atoms with Gasteiger partial charge in [-0.15, -0.1) is 11.3 Å². The van der Waals surface area contributed by atoms with Crippen LogP contribution in [-0.2, 0) is 9.47 Å². The van der Waals surface area contributed by atoms with E-state index in [0.29, 0.717) is 35.9 Å². The molecule has 1 aromatic carbocycles. The molecule has 6 nitrogen and oxygen atoms in total. The Hall–Kier alpha value is -2.38. The van der Waals surface area contributed by atoms with Gasteiger partial charge in [-0.1, -0.05) is 6.07 Å². The van der Waals surface area contributed by atoms with Crippen LogP contribution in [0.3, 0.4) is 0 Å². The highest BCUT2D eigenvalue weighted by Crippen LogP contribution is 2.29. The average Bonchev–Trinajstić information content (AvgIpc) is 3.17. The van der Waals surface area contributed by atoms with Crippen LogP contribution in [0.1, 0.15) is 27.0 Å². The lowest BCUT2D eigenvalue weighted by molar-refractivity contribution is 0.0526. The highest BCUT2D eigenvalue weighted by Gasteiger charge is 2.19. The Bertz CT molecular complexity index is 740. The smallest absolute Gasteiger partial charge is 0.338 e. The molecule has 0 bridgehead atoms. The number of nitrogens with zero attached hydrogens (tertiary/aromatic N) is 1. The minimum Gasteiger partial charge on any atom is -0.462 e. The van der Waals surface area contributed by atoms with Crippen LogP contribution in [0.5, 0.6) is 0 Å². The predicted molar refractivity (Wildman–Crippen MR) is 97.7 cm³/mol. The Morgan fingerprint density at radius 2 is 2.08 bits per heavy atom. The maximum Gasteiger partial charge on any atom is 0.338 e. The fourth-order valence-electron chi connectivity index (χ4n) is 2.65. The maximum absolute atomic E-state index is 12.5. The molecule has 2 heterocycles. The van der Waals surface area contributed by atoms with Gasteiger partial charge in [0, 0.05) is 13.1 Å². The minimum atomic E-state index is -0.400. The number of carbonyl (C=O) groups is 2. The van der Waals surface area contributed by atoms with Crippen LogP contribution in [0.15, 0.2) is 35.7 Å². The normalized spacial score (nSPS) is 14.2. The summed E-state index contributed by atoms with van der Waals surface area (Å²) in [5.41, 5.74) is 1.90. The third-order valence-electron chi connectivity index (χ3n) is 3.85. The third kappa shape index (κ3) is 4.18. The summed E-state index contributed by atoms with van der Waals surface area (Å²) in [4.78, 5) is 27.3. The quantitative estimate of drug-likeness (QED) is 0.830. The molecule has 1 aliphatic rings. The molecule has 0 saturated carbocycles. The number of ether oxygens (including phenoxy) is 2. The first-order valence-electron chi connectivity index (χ1n) is 8.17. The van der Waals surface area contributed by atoms with Crippen molar-refractivity contribution in [3.8, 4) is 0 Å². The van der Waals surface area contributed by atoms with E-state index >= 15 is 0 Å². The van der Waals surface area contributed by atoms with E-state index in [1.807, 2.05) is 17.5 Å². The number of rotatable bonds is 5. The number of thiophene rings is 1. The lowest BCUT2D eigenvalue weighted by Gasteiger charge is -2.30. The number of carbonyl (C=O) groups excluding carboxylic acids is 2. The van der Waals surface area contributed by atoms with Crippen molar-refractivity contribution >= 4 is 34.6 Å². The van der Waals surface area contributed by atoms with E-state index in [1.54, 1.807) is 25.1 Å². The second-order valence-corrected chi connectivity index (χ2v) is 6.43. The molecule has 0 spiro atoms. The summed E-state index contributed by atoms with van der Waals surface area (Å²) in [6.45, 7) is 4.82. The highest BCUT2D eigenvalue weighted by atomic mass is 32.1. The Morgan fingerprint density at radius 1 is 1.28 bits per heavy atom. The van der Waals surface area contributed by atoms with Crippen molar-refractivity contribution in [3.05, 3.63) is 46.2 Å². The van der Waals surface area contributed by atoms with E-state index in [-0.39, 0.29) is 5.91 Å². The summed E-state index contributed by atoms with van der Waals surface area (Å²) in [5.74, 6) is -0.590. The molecule has 0 unspecified atom stereocenters. The lowest BCUT2D eigenvalue weighted by Crippen LogP contribution is -2.36. The number of morpholine rings is 1. The predicted octanol–water partition coefficient (Wildman–Crippen LogP) is 3.01. The molecule has 1 amide bonds. The second-order valence-electron chi connectivity index (χ2n) is 5.48. The van der Waals surface area contributed by atoms with E-state index in [2.05, 4.69) is 10.2 Å². The number of hydrogen-bond acceptors (Lipinski definition) is 6. The summed E-state index contributed by atoms with van der Waals surface area (Å²) in [6.07, 6.45) is 0. The van der Waals surface area contributed by atoms with E-state index in [4.69, 9.17) is 9.47 Å². The molecule has 2 aromatic rings. The first-order chi connectivity index (χ1) is 12.2. The van der Waals surface area contributed by atoms with Crippen LogP contribution in [0.2, 0.25) is 0 Å². The molecule has 7 heteroatoms. The molecule has 0 radical (unpaired) electrons. The molecule has 1 saturated heterocycles. The van der Waals surface area contributed by atoms with Crippen molar-refractivity contribution in [2.24, 2.45) is 0 Å². The first-order valence-corrected chi connectivity index (χ1v) is 9.05. The molecule has 0 atom stereocenters. The summed E-state index contributed by atoms with van der Waals surface area (Å²) in [6, 6.07) is 8.85. The number of anilines is 2. The molecule has 3 rings (SSSR count). The molecular weight excluding hydrogens is 340 g/mol. The summed E-state index contributed by atoms with van der Waals surface area (Å²) >= 11 is 1.37. The van der Waals surface area contributed by atoms with Gasteiger partial charge in [0.05, 0.1) is 41.6 Å². The number of esters is 1. The van der Waals surface area contributed by atoms with Gasteiger partial charge in [0.25, 0.3) is 5.91 Å². The molecule has 1 aliphatic heterocycles. The Balaban J connectivity index is 1.90. The van der Waals surface area contributed by atoms with Crippen molar-refractivity contribution in [2.45, 2.75) is 6.92 Å². The van der Waals surface area contributed by atoms with Crippen molar-refractivity contribution in [1.29, 1.82) is 0 Å². The van der Waals surface area contributed by atoms with Crippen LogP contribution in [0, 0.1) is 0 Å². The van der Waals surface area contributed by atoms with Gasteiger partial charge in [0.1, 0.15) is 0 Å². The molecule has 1 fully saturated rings. The topological polar surface area (TPSA) is 67.9 Å². The van der Waals surface area contributed by atoms with Crippen LogP contribution < -0.4 is 10.2 Å². The summed E-state index contributed by atoms with van der Waals surface area (Å²) in [5, 5.41) is 4.78. The van der Waals surface area contributed by atoms with E-state index in [1.165, 1.54) is 11.3 Å². The molecule has 1 N–H and O–H groups in total. The summed E-state index contributed by atoms with van der Waals surface area (Å²) in [7, 11) is 0. The lowest BCUT2D eigenvalue weighted by atomic mass is 10.1. The Labute approximate surface area is 150 Å². The van der Waals surface area contributed by atoms with Crippen LogP contribution in [0.4, 0.5) is 11.4 Å². The zero-order valence-electron chi connectivity index (χ0n) is 14.0. The van der Waals surface area contributed by atoms with Gasteiger partial charge in [-0.3, -0.25) is 4.79 Å². The van der Waals surface area contributed by atoms with Crippen molar-refractivity contribution in [3.63, 3.8) is 0 Å². The monoisotopic (exact) mass is 360 g/mol. The number of nitrogens with one attached hydrogen (secondary N) is 1. The van der Waals surface area contributed by atoms with Gasteiger partial charge >= 0.3 is 5.97 Å². The van der Waals surface area contributed by atoms with Gasteiger partial charge in [-0.05, 0) is 36.6 Å². The standard InChI is InChI=1S/C18H20N2O4S/c1-2-24-18(22)13-5-6-15(20-7-9-23-10-8-20)14(12-13)19-17(21)16-4-3-11-25-16/h3-6,11-12H,2,7-10H2,1H3,(H,19,21). The van der Waals surface area contributed by atoms with Crippen molar-refractivity contribution < 1.29 is 19.1 Å². The SMILES string of the molecule is CCOC(=O)c1ccc(N2CCOCC2)c(NC(=O)c2cccs2)c1. The highest BCUT2D eigenvalue weighted by molar-refractivity contribution is 7.12. The van der Waals surface area contributed by atoms with E-state index in [9.17, 15) is 9.59 Å². The second kappa shape index (κ2) is 8.13. The van der Waals surface area contributed by atoms with Crippen molar-refractivity contribution in [2.75, 3.05) is 43.1 Å². The van der Waals surface area contributed by atoms with Gasteiger partial charge in [-0.25, -0.2) is 4.79 Å². The third-order valence-corrected chi connectivity index (χ3v) is 4.72. The zero-order chi connectivity index (χ0) is 17.6. The maximum atomic E-state index is 12.5. The minimum absolute atomic E-state index is 0.189. The largest absolute Gasteiger partial charge is 0.462 e. The average molecular weight is 360 g/mol. The first kappa shape index (κ1) is 17.4. The summed E-state index contributed by atoms with van der Waals surface area (Å²) < 4.78 is 10.5. The molecular formula is C18H20N2O4S. The van der Waals surface area contributed by atoms with Gasteiger partial charge in [0.2, 0.25) is 0 Å². The molecule has 1 aromatic heterocycles. The Kier molecular flexibility index (Phi) is 5.67. The fourth-order valence-corrected chi connectivity index (χ4v) is 3.27. The number of amides is 1. The van der Waals surface area contributed by atoms with Crippen LogP contribution in [-0.4, -0.2) is 44.8 Å². The van der Waals surface area contributed by atoms with E-state index < -0.39 is 5.97 Å². The van der Waals surface area contributed by atoms with Crippen LogP contribution in [0.25, 0.3) is 0 Å². The fraction of sp³-hybridized carbons (Fsp3) is 0.333. The Morgan fingerprint density at radius 3 is 2.76 bits per heavy atom. The molecule has 132 valence electrons. The number of hydrogen-bond donors (Lipinski definition) is 1. The van der Waals surface area contributed by atoms with Crippen molar-refractivity contribution in [1.82, 2.24) is 0 Å². The zero-order valence-corrected chi connectivity index (χ0v) is 14.8. The van der Waals surface area contributed by atoms with Crippen LogP contribution >= 0.6 is 11.3 Å². The van der Waals surface area contributed by atoms with E-state index in [0.717, 1.165) is 18.8 Å². The van der Waals surface area contributed by atoms with Gasteiger partial charge < -0.3 is 19.7 Å². The molecule has 0 aliphatic carbocycles. The van der Waals surface area contributed by atoms with Gasteiger partial charge in [-0.2, -0.15) is 0 Å². The molecule has 25 heavy (non-hydrogen) atoms. The number of benzene rings is 1.